The maximum absolute atomic E-state index is 11.5. The number of rotatable bonds is 9. The molecular weight excluding hydrogens is 446 g/mol. The van der Waals surface area contributed by atoms with Gasteiger partial charge in [-0.25, -0.2) is 13.2 Å². The fraction of sp³-hybridized carbons (Fsp3) is 0.348. The third-order valence-electron chi connectivity index (χ3n) is 5.39. The van der Waals surface area contributed by atoms with Gasteiger partial charge in [-0.1, -0.05) is 18.2 Å². The average molecular weight is 476 g/mol. The molecule has 1 saturated heterocycles. The molecule has 2 atom stereocenters. The largest absolute Gasteiger partial charge is 0.506 e. The summed E-state index contributed by atoms with van der Waals surface area (Å²) in [6.07, 6.45) is 5.71. The van der Waals surface area contributed by atoms with Crippen molar-refractivity contribution in [2.45, 2.75) is 31.5 Å². The highest BCUT2D eigenvalue weighted by Gasteiger charge is 2.23. The van der Waals surface area contributed by atoms with Gasteiger partial charge in [0.25, 0.3) is 0 Å². The van der Waals surface area contributed by atoms with Crippen molar-refractivity contribution in [2.24, 2.45) is 0 Å². The molecular formula is C23H29N3O6S. The number of aliphatic carboxylic acids is 1. The second-order valence-electron chi connectivity index (χ2n) is 8.04. The lowest BCUT2D eigenvalue weighted by molar-refractivity contribution is -0.131. The number of phenols is 1. The van der Waals surface area contributed by atoms with Gasteiger partial charge in [-0.15, -0.1) is 0 Å². The molecule has 1 heterocycles. The van der Waals surface area contributed by atoms with Crippen LogP contribution in [0.5, 0.6) is 5.75 Å². The molecule has 1 fully saturated rings. The van der Waals surface area contributed by atoms with E-state index < -0.39 is 22.1 Å². The Morgan fingerprint density at radius 3 is 2.61 bits per heavy atom. The highest BCUT2D eigenvalue weighted by molar-refractivity contribution is 7.92. The van der Waals surface area contributed by atoms with Crippen LogP contribution in [0.4, 0.5) is 11.4 Å². The lowest BCUT2D eigenvalue weighted by Crippen LogP contribution is -2.49. The van der Waals surface area contributed by atoms with Crippen LogP contribution >= 0.6 is 0 Å². The first-order valence-electron chi connectivity index (χ1n) is 10.6. The minimum Gasteiger partial charge on any atom is -0.506 e. The average Bonchev–Trinajstić information content (AvgIpc) is 2.77. The maximum Gasteiger partial charge on any atom is 0.328 e. The molecule has 1 unspecified atom stereocenters. The monoisotopic (exact) mass is 475 g/mol. The van der Waals surface area contributed by atoms with Crippen LogP contribution in [0, 0.1) is 0 Å². The molecule has 178 valence electrons. The van der Waals surface area contributed by atoms with Crippen LogP contribution in [-0.2, 0) is 14.8 Å². The third-order valence-corrected chi connectivity index (χ3v) is 5.98. The van der Waals surface area contributed by atoms with Crippen LogP contribution in [0.15, 0.2) is 48.5 Å². The molecule has 0 saturated carbocycles. The number of piperidine rings is 1. The molecule has 0 bridgehead atoms. The third kappa shape index (κ3) is 7.21. The molecule has 0 aliphatic carbocycles. The molecule has 9 nitrogen and oxygen atoms in total. The lowest BCUT2D eigenvalue weighted by atomic mass is 10.0. The Bertz CT molecular complexity index is 1100. The number of sulfonamides is 1. The first-order chi connectivity index (χ1) is 15.6. The van der Waals surface area contributed by atoms with Crippen molar-refractivity contribution in [3.05, 3.63) is 59.7 Å². The summed E-state index contributed by atoms with van der Waals surface area (Å²) in [6, 6.07) is 11.9. The van der Waals surface area contributed by atoms with Gasteiger partial charge in [-0.3, -0.25) is 10.0 Å². The zero-order valence-electron chi connectivity index (χ0n) is 18.3. The van der Waals surface area contributed by atoms with E-state index in [9.17, 15) is 23.4 Å². The van der Waals surface area contributed by atoms with Crippen LogP contribution in [0.25, 0.3) is 6.08 Å². The smallest absolute Gasteiger partial charge is 0.328 e. The van der Waals surface area contributed by atoms with E-state index in [-0.39, 0.29) is 24.1 Å². The summed E-state index contributed by atoms with van der Waals surface area (Å²) in [4.78, 5) is 12.9. The standard InChI is InChI=1S/C23H29N3O6S/c1-33(31,32)25-19-14-17(8-11-20(19)27)21(28)15-24-22-4-2-3-13-26(22)18-9-5-16(6-10-18)7-12-23(29)30/h5-12,14,21-22,24-25,27-28H,2-4,13,15H2,1H3,(H,29,30)/b12-7+/t21?,22-/m1/s1. The molecule has 0 radical (unpaired) electrons. The molecule has 3 rings (SSSR count). The number of hydrogen-bond acceptors (Lipinski definition) is 7. The van der Waals surface area contributed by atoms with Gasteiger partial charge >= 0.3 is 5.97 Å². The van der Waals surface area contributed by atoms with Crippen LogP contribution in [0.3, 0.4) is 0 Å². The van der Waals surface area contributed by atoms with Crippen LogP contribution in [0.1, 0.15) is 36.5 Å². The molecule has 2 aromatic rings. The summed E-state index contributed by atoms with van der Waals surface area (Å²) >= 11 is 0. The number of nitrogens with one attached hydrogen (secondary N) is 2. The van der Waals surface area contributed by atoms with Gasteiger partial charge in [0.1, 0.15) is 5.75 Å². The predicted octanol–water partition coefficient (Wildman–Crippen LogP) is 2.50. The second-order valence-corrected chi connectivity index (χ2v) is 9.79. The fourth-order valence-corrected chi connectivity index (χ4v) is 4.37. The summed E-state index contributed by atoms with van der Waals surface area (Å²) in [5.41, 5.74) is 2.29. The van der Waals surface area contributed by atoms with E-state index in [1.54, 1.807) is 12.1 Å². The Morgan fingerprint density at radius 2 is 1.94 bits per heavy atom. The number of anilines is 2. The van der Waals surface area contributed by atoms with E-state index in [1.165, 1.54) is 12.1 Å². The predicted molar refractivity (Wildman–Crippen MR) is 128 cm³/mol. The lowest BCUT2D eigenvalue weighted by Gasteiger charge is -2.38. The van der Waals surface area contributed by atoms with E-state index in [1.807, 2.05) is 24.3 Å². The van der Waals surface area contributed by atoms with Gasteiger partial charge in [-0.05, 0) is 60.7 Å². The number of nitrogens with zero attached hydrogens (tertiary/aromatic N) is 1. The fourth-order valence-electron chi connectivity index (χ4n) is 3.81. The minimum atomic E-state index is -3.57. The van der Waals surface area contributed by atoms with Gasteiger partial charge in [0.05, 0.1) is 24.2 Å². The highest BCUT2D eigenvalue weighted by Crippen LogP contribution is 2.28. The molecule has 2 aromatic carbocycles. The van der Waals surface area contributed by atoms with Crippen molar-refractivity contribution in [3.63, 3.8) is 0 Å². The number of phenolic OH excluding ortho intramolecular Hbond substituents is 1. The number of aliphatic hydroxyl groups excluding tert-OH is 1. The SMILES string of the molecule is CS(=O)(=O)Nc1cc(C(O)CN[C@H]2CCCCN2c2ccc(/C=C/C(=O)O)cc2)ccc1O. The highest BCUT2D eigenvalue weighted by atomic mass is 32.2. The molecule has 10 heteroatoms. The zero-order valence-corrected chi connectivity index (χ0v) is 19.1. The summed E-state index contributed by atoms with van der Waals surface area (Å²) in [6.45, 7) is 1.09. The number of aliphatic hydroxyl groups is 1. The van der Waals surface area contributed by atoms with Crippen LogP contribution in [0.2, 0.25) is 0 Å². The van der Waals surface area contributed by atoms with Crippen LogP contribution in [-0.4, -0.2) is 55.2 Å². The Labute approximate surface area is 193 Å². The Kier molecular flexibility index (Phi) is 7.96. The first-order valence-corrected chi connectivity index (χ1v) is 12.5. The first kappa shape index (κ1) is 24.6. The molecule has 1 aliphatic heterocycles. The Morgan fingerprint density at radius 1 is 1.21 bits per heavy atom. The normalized spacial score (nSPS) is 17.8. The molecule has 33 heavy (non-hydrogen) atoms. The summed E-state index contributed by atoms with van der Waals surface area (Å²) < 4.78 is 25.2. The zero-order chi connectivity index (χ0) is 24.0. The molecule has 0 aromatic heterocycles. The molecule has 0 amide bonds. The van der Waals surface area contributed by atoms with Crippen molar-refractivity contribution in [1.82, 2.24) is 5.32 Å². The summed E-state index contributed by atoms with van der Waals surface area (Å²) in [5, 5.41) is 32.7. The van der Waals surface area contributed by atoms with E-state index >= 15 is 0 Å². The summed E-state index contributed by atoms with van der Waals surface area (Å²) in [5.74, 6) is -1.21. The van der Waals surface area contributed by atoms with Gasteiger partial charge in [0.2, 0.25) is 10.0 Å². The Balaban J connectivity index is 1.67. The van der Waals surface area contributed by atoms with E-state index in [4.69, 9.17) is 5.11 Å². The molecule has 1 aliphatic rings. The number of carbonyl (C=O) groups is 1. The van der Waals surface area contributed by atoms with Gasteiger partial charge in [-0.2, -0.15) is 0 Å². The number of benzene rings is 2. The van der Waals surface area contributed by atoms with Crippen molar-refractivity contribution >= 4 is 33.4 Å². The maximum atomic E-state index is 11.5. The topological polar surface area (TPSA) is 139 Å². The number of aromatic hydroxyl groups is 1. The van der Waals surface area contributed by atoms with Crippen molar-refractivity contribution in [2.75, 3.05) is 29.0 Å². The van der Waals surface area contributed by atoms with Crippen molar-refractivity contribution in [3.8, 4) is 5.75 Å². The van der Waals surface area contributed by atoms with Gasteiger partial charge < -0.3 is 20.2 Å². The van der Waals surface area contributed by atoms with E-state index in [2.05, 4.69) is 14.9 Å². The van der Waals surface area contributed by atoms with Crippen LogP contribution < -0.4 is 14.9 Å². The molecule has 0 spiro atoms. The van der Waals surface area contributed by atoms with Gasteiger partial charge in [0.15, 0.2) is 0 Å². The van der Waals surface area contributed by atoms with Gasteiger partial charge in [0, 0.05) is 24.9 Å². The number of carboxylic acid groups (broad SMARTS) is 1. The Hall–Kier alpha value is -3.08. The number of hydrogen-bond donors (Lipinski definition) is 5. The molecule has 5 N–H and O–H groups in total. The van der Waals surface area contributed by atoms with E-state index in [0.717, 1.165) is 49.4 Å². The minimum absolute atomic E-state index is 0.000424. The number of carboxylic acids is 1. The van der Waals surface area contributed by atoms with Crippen molar-refractivity contribution < 1.29 is 28.5 Å². The van der Waals surface area contributed by atoms with Crippen molar-refractivity contribution in [1.29, 1.82) is 0 Å². The van der Waals surface area contributed by atoms with E-state index in [0.29, 0.717) is 5.56 Å². The quantitative estimate of drug-likeness (QED) is 0.275. The summed E-state index contributed by atoms with van der Waals surface area (Å²) in [7, 11) is -3.57. The second kappa shape index (κ2) is 10.7.